The summed E-state index contributed by atoms with van der Waals surface area (Å²) in [5.74, 6) is 0.506. The molecule has 0 radical (unpaired) electrons. The first kappa shape index (κ1) is 14.1. The minimum atomic E-state index is 0.111. The van der Waals surface area contributed by atoms with Gasteiger partial charge in [0.25, 0.3) is 0 Å². The Labute approximate surface area is 113 Å². The molecule has 16 heavy (non-hydrogen) atoms. The second-order valence-electron chi connectivity index (χ2n) is 5.67. The van der Waals surface area contributed by atoms with Crippen LogP contribution < -0.4 is 0 Å². The number of halogens is 2. The molecule has 2 heteroatoms. The Bertz CT molecular complexity index is 400. The molecule has 0 heterocycles. The van der Waals surface area contributed by atoms with Gasteiger partial charge in [0.1, 0.15) is 0 Å². The smallest absolute Gasteiger partial charge is 0.0583 e. The standard InChI is InChI=1S/C14H20BrCl/c1-8(2)10-7-11(14(4,5)6)12(15)13(16)9(10)3/h7-8H,1-6H3. The van der Waals surface area contributed by atoms with Crippen LogP contribution in [-0.2, 0) is 5.41 Å². The molecular formula is C14H20BrCl. The molecule has 1 rings (SSSR count). The predicted octanol–water partition coefficient (Wildman–Crippen LogP) is 5.83. The number of benzene rings is 1. The Morgan fingerprint density at radius 3 is 2.12 bits per heavy atom. The zero-order valence-corrected chi connectivity index (χ0v) is 13.3. The summed E-state index contributed by atoms with van der Waals surface area (Å²) in [6.07, 6.45) is 0. The summed E-state index contributed by atoms with van der Waals surface area (Å²) in [4.78, 5) is 0. The molecule has 0 aliphatic heterocycles. The van der Waals surface area contributed by atoms with Gasteiger partial charge in [-0.2, -0.15) is 0 Å². The molecule has 0 N–H and O–H groups in total. The molecule has 1 aromatic rings. The quantitative estimate of drug-likeness (QED) is 0.612. The molecule has 0 unspecified atom stereocenters. The average molecular weight is 304 g/mol. The van der Waals surface area contributed by atoms with Gasteiger partial charge in [-0.25, -0.2) is 0 Å². The Balaban J connectivity index is 3.54. The lowest BCUT2D eigenvalue weighted by Gasteiger charge is -2.25. The van der Waals surface area contributed by atoms with Crippen molar-refractivity contribution in [3.05, 3.63) is 32.3 Å². The van der Waals surface area contributed by atoms with Crippen LogP contribution in [0.15, 0.2) is 10.5 Å². The van der Waals surface area contributed by atoms with Crippen LogP contribution in [0, 0.1) is 6.92 Å². The van der Waals surface area contributed by atoms with Crippen LogP contribution in [0.2, 0.25) is 5.02 Å². The van der Waals surface area contributed by atoms with Crippen molar-refractivity contribution in [3.8, 4) is 0 Å². The van der Waals surface area contributed by atoms with Gasteiger partial charge in [0, 0.05) is 4.47 Å². The van der Waals surface area contributed by atoms with Gasteiger partial charge in [-0.1, -0.05) is 52.3 Å². The largest absolute Gasteiger partial charge is 0.0828 e. The molecule has 0 fully saturated rings. The van der Waals surface area contributed by atoms with Crippen molar-refractivity contribution in [1.82, 2.24) is 0 Å². The van der Waals surface area contributed by atoms with E-state index in [9.17, 15) is 0 Å². The third-order valence-electron chi connectivity index (χ3n) is 2.92. The predicted molar refractivity (Wildman–Crippen MR) is 76.7 cm³/mol. The Hall–Kier alpha value is -0.0100. The topological polar surface area (TPSA) is 0 Å². The normalized spacial score (nSPS) is 12.3. The van der Waals surface area contributed by atoms with Gasteiger partial charge in [0.2, 0.25) is 0 Å². The molecule has 0 aliphatic rings. The Morgan fingerprint density at radius 2 is 1.75 bits per heavy atom. The summed E-state index contributed by atoms with van der Waals surface area (Å²) in [5, 5.41) is 0.858. The fraction of sp³-hybridized carbons (Fsp3) is 0.571. The Morgan fingerprint density at radius 1 is 1.25 bits per heavy atom. The van der Waals surface area contributed by atoms with Crippen LogP contribution in [-0.4, -0.2) is 0 Å². The van der Waals surface area contributed by atoms with Crippen molar-refractivity contribution in [2.24, 2.45) is 0 Å². The first-order valence-corrected chi connectivity index (χ1v) is 6.82. The summed E-state index contributed by atoms with van der Waals surface area (Å²) < 4.78 is 1.04. The van der Waals surface area contributed by atoms with Crippen molar-refractivity contribution in [3.63, 3.8) is 0 Å². The third kappa shape index (κ3) is 2.62. The van der Waals surface area contributed by atoms with Gasteiger partial charge < -0.3 is 0 Å². The second kappa shape index (κ2) is 4.70. The Kier molecular flexibility index (Phi) is 4.13. The first-order chi connectivity index (χ1) is 7.16. The van der Waals surface area contributed by atoms with Gasteiger partial charge in [-0.15, -0.1) is 0 Å². The van der Waals surface area contributed by atoms with Gasteiger partial charge in [0.15, 0.2) is 0 Å². The minimum absolute atomic E-state index is 0.111. The second-order valence-corrected chi connectivity index (χ2v) is 6.84. The maximum Gasteiger partial charge on any atom is 0.0583 e. The van der Waals surface area contributed by atoms with Crippen LogP contribution >= 0.6 is 27.5 Å². The maximum absolute atomic E-state index is 6.39. The summed E-state index contributed by atoms with van der Waals surface area (Å²) in [7, 11) is 0. The highest BCUT2D eigenvalue weighted by Gasteiger charge is 2.22. The molecular weight excluding hydrogens is 284 g/mol. The number of hydrogen-bond acceptors (Lipinski definition) is 0. The van der Waals surface area contributed by atoms with E-state index in [2.05, 4.69) is 63.5 Å². The average Bonchev–Trinajstić information content (AvgIpc) is 2.11. The fourth-order valence-electron chi connectivity index (χ4n) is 1.88. The molecule has 0 spiro atoms. The van der Waals surface area contributed by atoms with Gasteiger partial charge in [0.05, 0.1) is 5.02 Å². The zero-order valence-electron chi connectivity index (χ0n) is 10.9. The van der Waals surface area contributed by atoms with E-state index in [1.807, 2.05) is 0 Å². The van der Waals surface area contributed by atoms with Gasteiger partial charge in [-0.05, 0) is 50.9 Å². The van der Waals surface area contributed by atoms with E-state index >= 15 is 0 Å². The molecule has 0 bridgehead atoms. The summed E-state index contributed by atoms with van der Waals surface area (Å²) in [6, 6.07) is 2.29. The molecule has 0 atom stereocenters. The monoisotopic (exact) mass is 302 g/mol. The highest BCUT2D eigenvalue weighted by molar-refractivity contribution is 9.10. The van der Waals surface area contributed by atoms with Crippen LogP contribution in [0.3, 0.4) is 0 Å². The van der Waals surface area contributed by atoms with Crippen molar-refractivity contribution in [2.45, 2.75) is 52.9 Å². The molecule has 1 aromatic carbocycles. The lowest BCUT2D eigenvalue weighted by Crippen LogP contribution is -2.14. The maximum atomic E-state index is 6.39. The lowest BCUT2D eigenvalue weighted by molar-refractivity contribution is 0.585. The van der Waals surface area contributed by atoms with E-state index in [4.69, 9.17) is 11.6 Å². The minimum Gasteiger partial charge on any atom is -0.0828 e. The van der Waals surface area contributed by atoms with E-state index in [1.165, 1.54) is 16.7 Å². The van der Waals surface area contributed by atoms with E-state index < -0.39 is 0 Å². The van der Waals surface area contributed by atoms with Crippen LogP contribution in [0.4, 0.5) is 0 Å². The highest BCUT2D eigenvalue weighted by Crippen LogP contribution is 2.40. The summed E-state index contributed by atoms with van der Waals surface area (Å²) in [5.41, 5.74) is 3.93. The first-order valence-electron chi connectivity index (χ1n) is 5.65. The number of rotatable bonds is 1. The van der Waals surface area contributed by atoms with E-state index in [1.54, 1.807) is 0 Å². The number of hydrogen-bond donors (Lipinski definition) is 0. The molecule has 0 aliphatic carbocycles. The van der Waals surface area contributed by atoms with E-state index in [0.29, 0.717) is 5.92 Å². The van der Waals surface area contributed by atoms with E-state index in [-0.39, 0.29) is 5.41 Å². The molecule has 0 aromatic heterocycles. The lowest BCUT2D eigenvalue weighted by atomic mass is 9.83. The fourth-order valence-corrected chi connectivity index (χ4v) is 3.10. The van der Waals surface area contributed by atoms with Gasteiger partial charge >= 0.3 is 0 Å². The molecule has 0 nitrogen and oxygen atoms in total. The molecule has 0 amide bonds. The highest BCUT2D eigenvalue weighted by atomic mass is 79.9. The van der Waals surface area contributed by atoms with Crippen molar-refractivity contribution >= 4 is 27.5 Å². The van der Waals surface area contributed by atoms with Crippen molar-refractivity contribution < 1.29 is 0 Å². The summed E-state index contributed by atoms with van der Waals surface area (Å²) in [6.45, 7) is 13.1. The third-order valence-corrected chi connectivity index (χ3v) is 4.45. The molecule has 0 saturated carbocycles. The van der Waals surface area contributed by atoms with Crippen LogP contribution in [0.1, 0.15) is 57.2 Å². The zero-order chi connectivity index (χ0) is 12.7. The van der Waals surface area contributed by atoms with Crippen LogP contribution in [0.5, 0.6) is 0 Å². The molecule has 0 saturated heterocycles. The van der Waals surface area contributed by atoms with Crippen LogP contribution in [0.25, 0.3) is 0 Å². The van der Waals surface area contributed by atoms with Crippen molar-refractivity contribution in [2.75, 3.05) is 0 Å². The molecule has 90 valence electrons. The van der Waals surface area contributed by atoms with E-state index in [0.717, 1.165) is 9.50 Å². The summed E-state index contributed by atoms with van der Waals surface area (Å²) >= 11 is 10.0. The SMILES string of the molecule is Cc1c(C(C)C)cc(C(C)(C)C)c(Br)c1Cl. The van der Waals surface area contributed by atoms with Gasteiger partial charge in [-0.3, -0.25) is 0 Å². The van der Waals surface area contributed by atoms with Crippen molar-refractivity contribution in [1.29, 1.82) is 0 Å².